The van der Waals surface area contributed by atoms with Crippen molar-refractivity contribution in [2.45, 2.75) is 6.42 Å². The summed E-state index contributed by atoms with van der Waals surface area (Å²) in [6.45, 7) is 1.68. The summed E-state index contributed by atoms with van der Waals surface area (Å²) in [5, 5.41) is 5.01. The predicted molar refractivity (Wildman–Crippen MR) is 89.8 cm³/mol. The Kier molecular flexibility index (Phi) is 3.31. The summed E-state index contributed by atoms with van der Waals surface area (Å²) in [4.78, 5) is 12.4. The summed E-state index contributed by atoms with van der Waals surface area (Å²) in [5.74, 6) is 0.932. The van der Waals surface area contributed by atoms with E-state index in [0.29, 0.717) is 5.02 Å². The van der Waals surface area contributed by atoms with Gasteiger partial charge in [0.05, 0.1) is 11.6 Å². The van der Waals surface area contributed by atoms with Gasteiger partial charge in [0.1, 0.15) is 11.5 Å². The number of halogens is 1. The number of H-pyrrole nitrogens is 1. The molecule has 2 aromatic heterocycles. The molecule has 0 amide bonds. The van der Waals surface area contributed by atoms with Gasteiger partial charge in [-0.05, 0) is 11.6 Å². The Morgan fingerprint density at radius 2 is 2.05 bits per heavy atom. The molecule has 0 saturated carbocycles. The van der Waals surface area contributed by atoms with E-state index in [1.54, 1.807) is 6.20 Å². The van der Waals surface area contributed by atoms with E-state index in [9.17, 15) is 0 Å². The average molecular weight is 311 g/mol. The number of rotatable bonds is 3. The second-order valence-corrected chi connectivity index (χ2v) is 5.78. The highest BCUT2D eigenvalue weighted by atomic mass is 35.5. The number of amidine groups is 1. The lowest BCUT2D eigenvalue weighted by Crippen LogP contribution is -2.20. The average Bonchev–Trinajstić information content (AvgIpc) is 3.15. The fraction of sp³-hybridized carbons (Fsp3) is 0.176. The molecule has 0 fully saturated rings. The molecule has 22 heavy (non-hydrogen) atoms. The summed E-state index contributed by atoms with van der Waals surface area (Å²) in [6.07, 6.45) is 2.48. The van der Waals surface area contributed by atoms with Gasteiger partial charge in [0.2, 0.25) is 0 Å². The van der Waals surface area contributed by atoms with Gasteiger partial charge < -0.3 is 10.3 Å². The second kappa shape index (κ2) is 5.46. The molecule has 1 aliphatic rings. The lowest BCUT2D eigenvalue weighted by Gasteiger charge is -2.06. The van der Waals surface area contributed by atoms with Crippen molar-refractivity contribution in [3.05, 3.63) is 64.4 Å². The van der Waals surface area contributed by atoms with Crippen LogP contribution in [0.4, 0.5) is 0 Å². The lowest BCUT2D eigenvalue weighted by atomic mass is 10.0. The molecule has 1 aromatic carbocycles. The summed E-state index contributed by atoms with van der Waals surface area (Å²) in [5.41, 5.74) is 4.30. The Bertz CT molecular complexity index is 852. The highest BCUT2D eigenvalue weighted by Gasteiger charge is 2.19. The number of aliphatic imine (C=N–C) groups is 1. The number of benzene rings is 1. The van der Waals surface area contributed by atoms with E-state index in [2.05, 4.69) is 44.5 Å². The van der Waals surface area contributed by atoms with E-state index in [4.69, 9.17) is 11.6 Å². The van der Waals surface area contributed by atoms with Crippen molar-refractivity contribution in [1.29, 1.82) is 0 Å². The maximum absolute atomic E-state index is 6.13. The van der Waals surface area contributed by atoms with Gasteiger partial charge in [0.25, 0.3) is 0 Å². The molecule has 4 nitrogen and oxygen atoms in total. The van der Waals surface area contributed by atoms with E-state index in [-0.39, 0.29) is 0 Å². The highest BCUT2D eigenvalue weighted by Crippen LogP contribution is 2.26. The van der Waals surface area contributed by atoms with Crippen LogP contribution >= 0.6 is 11.6 Å². The second-order valence-electron chi connectivity index (χ2n) is 5.35. The third-order valence-corrected chi connectivity index (χ3v) is 4.04. The van der Waals surface area contributed by atoms with E-state index in [1.165, 1.54) is 5.56 Å². The molecule has 0 aliphatic carbocycles. The molecule has 0 radical (unpaired) electrons. The smallest absolute Gasteiger partial charge is 0.138 e. The molecular weight excluding hydrogens is 296 g/mol. The minimum atomic E-state index is 0.637. The molecule has 0 spiro atoms. The van der Waals surface area contributed by atoms with Crippen molar-refractivity contribution in [3.63, 3.8) is 0 Å². The molecule has 5 heteroatoms. The molecular formula is C17H15ClN4. The van der Waals surface area contributed by atoms with Crippen molar-refractivity contribution in [3.8, 4) is 0 Å². The first kappa shape index (κ1) is 13.3. The monoisotopic (exact) mass is 310 g/mol. The maximum atomic E-state index is 6.13. The first-order valence-corrected chi connectivity index (χ1v) is 7.68. The number of nitrogens with one attached hydrogen (secondary N) is 2. The Hall–Kier alpha value is -2.33. The molecule has 3 heterocycles. The van der Waals surface area contributed by atoms with E-state index >= 15 is 0 Å². The summed E-state index contributed by atoms with van der Waals surface area (Å²) < 4.78 is 0. The highest BCUT2D eigenvalue weighted by molar-refractivity contribution is 6.31. The van der Waals surface area contributed by atoms with Crippen LogP contribution in [0.2, 0.25) is 5.02 Å². The largest absolute Gasteiger partial charge is 0.368 e. The van der Waals surface area contributed by atoms with Crippen molar-refractivity contribution in [1.82, 2.24) is 15.3 Å². The quantitative estimate of drug-likeness (QED) is 0.781. The zero-order chi connectivity index (χ0) is 14.9. The number of pyridine rings is 1. The molecule has 2 N–H and O–H groups in total. The van der Waals surface area contributed by atoms with E-state index in [1.807, 2.05) is 12.1 Å². The molecule has 0 unspecified atom stereocenters. The van der Waals surface area contributed by atoms with Crippen LogP contribution < -0.4 is 5.32 Å². The number of aromatic nitrogens is 2. The minimum absolute atomic E-state index is 0.637. The van der Waals surface area contributed by atoms with Crippen LogP contribution in [-0.4, -0.2) is 28.9 Å². The van der Waals surface area contributed by atoms with Gasteiger partial charge >= 0.3 is 0 Å². The van der Waals surface area contributed by atoms with Crippen LogP contribution in [-0.2, 0) is 6.42 Å². The normalized spacial score (nSPS) is 14.1. The third-order valence-electron chi connectivity index (χ3n) is 3.83. The molecule has 3 aromatic rings. The lowest BCUT2D eigenvalue weighted by molar-refractivity contribution is 0.959. The third kappa shape index (κ3) is 2.35. The summed E-state index contributed by atoms with van der Waals surface area (Å²) in [6, 6.07) is 12.3. The topological polar surface area (TPSA) is 53.1 Å². The Morgan fingerprint density at radius 3 is 2.82 bits per heavy atom. The van der Waals surface area contributed by atoms with E-state index in [0.717, 1.165) is 47.6 Å². The fourth-order valence-electron chi connectivity index (χ4n) is 2.87. The van der Waals surface area contributed by atoms with Crippen LogP contribution in [0.1, 0.15) is 16.8 Å². The Morgan fingerprint density at radius 1 is 1.18 bits per heavy atom. The van der Waals surface area contributed by atoms with Gasteiger partial charge in [0.15, 0.2) is 0 Å². The van der Waals surface area contributed by atoms with Crippen molar-refractivity contribution in [2.75, 3.05) is 13.1 Å². The number of aromatic amines is 1. The number of hydrogen-bond acceptors (Lipinski definition) is 3. The number of nitrogens with zero attached hydrogens (tertiary/aromatic N) is 2. The van der Waals surface area contributed by atoms with Gasteiger partial charge in [-0.3, -0.25) is 4.99 Å². The zero-order valence-corrected chi connectivity index (χ0v) is 12.7. The SMILES string of the molecule is Clc1cnc2[nH]c(Cc3ccccc3)c(C3=NCCN3)c2c1. The number of hydrogen-bond donors (Lipinski definition) is 2. The van der Waals surface area contributed by atoms with Crippen LogP contribution in [0, 0.1) is 0 Å². The predicted octanol–water partition coefficient (Wildman–Crippen LogP) is 3.16. The van der Waals surface area contributed by atoms with Gasteiger partial charge in [-0.2, -0.15) is 0 Å². The Labute approximate surface area is 133 Å². The fourth-order valence-corrected chi connectivity index (χ4v) is 3.02. The van der Waals surface area contributed by atoms with Crippen LogP contribution in [0.3, 0.4) is 0 Å². The minimum Gasteiger partial charge on any atom is -0.368 e. The summed E-state index contributed by atoms with van der Waals surface area (Å²) >= 11 is 6.13. The zero-order valence-electron chi connectivity index (χ0n) is 11.9. The Balaban J connectivity index is 1.87. The first-order chi connectivity index (χ1) is 10.8. The maximum Gasteiger partial charge on any atom is 0.138 e. The van der Waals surface area contributed by atoms with Crippen LogP contribution in [0.25, 0.3) is 11.0 Å². The van der Waals surface area contributed by atoms with Gasteiger partial charge in [-0.15, -0.1) is 0 Å². The molecule has 110 valence electrons. The van der Waals surface area contributed by atoms with Crippen LogP contribution in [0.5, 0.6) is 0 Å². The van der Waals surface area contributed by atoms with Gasteiger partial charge in [-0.1, -0.05) is 41.9 Å². The standard InChI is InChI=1S/C17H15ClN4/c18-12-9-13-15(17-19-6-7-20-17)14(22-16(13)21-10-12)8-11-4-2-1-3-5-11/h1-5,9-10H,6-8H2,(H,19,20)(H,21,22). The molecule has 0 bridgehead atoms. The van der Waals surface area contributed by atoms with Crippen molar-refractivity contribution >= 4 is 28.5 Å². The molecule has 0 atom stereocenters. The summed E-state index contributed by atoms with van der Waals surface area (Å²) in [7, 11) is 0. The van der Waals surface area contributed by atoms with Crippen molar-refractivity contribution < 1.29 is 0 Å². The van der Waals surface area contributed by atoms with Gasteiger partial charge in [0, 0.05) is 35.8 Å². The van der Waals surface area contributed by atoms with E-state index < -0.39 is 0 Å². The molecule has 0 saturated heterocycles. The number of fused-ring (bicyclic) bond motifs is 1. The van der Waals surface area contributed by atoms with Crippen LogP contribution in [0.15, 0.2) is 47.6 Å². The van der Waals surface area contributed by atoms with Crippen molar-refractivity contribution in [2.24, 2.45) is 4.99 Å². The van der Waals surface area contributed by atoms with Gasteiger partial charge in [-0.25, -0.2) is 4.98 Å². The first-order valence-electron chi connectivity index (χ1n) is 7.30. The molecule has 4 rings (SSSR count). The molecule has 1 aliphatic heterocycles.